The standard InChI is InChI=1S/C7H12F2N2O/c8-6(9)7(12)11-5-2-1-3-10-4-5/h5-6,10H,1-4H2,(H,11,12). The Hall–Kier alpha value is -0.710. The second-order valence-electron chi connectivity index (χ2n) is 2.85. The summed E-state index contributed by atoms with van der Waals surface area (Å²) in [5, 5.41) is 5.29. The van der Waals surface area contributed by atoms with E-state index in [9.17, 15) is 13.6 Å². The van der Waals surface area contributed by atoms with E-state index in [1.807, 2.05) is 0 Å². The molecule has 1 atom stereocenters. The molecule has 1 fully saturated rings. The van der Waals surface area contributed by atoms with Gasteiger partial charge in [-0.1, -0.05) is 0 Å². The predicted octanol–water partition coefficient (Wildman–Crippen LogP) is 0.120. The number of alkyl halides is 2. The van der Waals surface area contributed by atoms with E-state index in [2.05, 4.69) is 10.6 Å². The van der Waals surface area contributed by atoms with E-state index in [1.54, 1.807) is 0 Å². The third kappa shape index (κ3) is 2.73. The molecule has 1 aliphatic rings. The van der Waals surface area contributed by atoms with Crippen LogP contribution in [0.15, 0.2) is 0 Å². The number of halogens is 2. The molecule has 1 saturated heterocycles. The number of nitrogens with one attached hydrogen (secondary N) is 2. The highest BCUT2D eigenvalue weighted by atomic mass is 19.3. The number of carbonyl (C=O) groups excluding carboxylic acids is 1. The van der Waals surface area contributed by atoms with Crippen molar-refractivity contribution < 1.29 is 13.6 Å². The number of hydrogen-bond acceptors (Lipinski definition) is 2. The molecular formula is C7H12F2N2O. The number of hydrogen-bond donors (Lipinski definition) is 2. The molecular weight excluding hydrogens is 166 g/mol. The van der Waals surface area contributed by atoms with Crippen LogP contribution in [0, 0.1) is 0 Å². The lowest BCUT2D eigenvalue weighted by molar-refractivity contribution is -0.132. The molecule has 1 heterocycles. The largest absolute Gasteiger partial charge is 0.347 e. The molecule has 2 N–H and O–H groups in total. The van der Waals surface area contributed by atoms with Gasteiger partial charge in [0, 0.05) is 12.6 Å². The van der Waals surface area contributed by atoms with Gasteiger partial charge in [-0.3, -0.25) is 4.79 Å². The Morgan fingerprint density at radius 1 is 1.58 bits per heavy atom. The van der Waals surface area contributed by atoms with Crippen molar-refractivity contribution in [3.63, 3.8) is 0 Å². The molecule has 3 nitrogen and oxygen atoms in total. The smallest absolute Gasteiger partial charge is 0.315 e. The molecule has 5 heteroatoms. The topological polar surface area (TPSA) is 41.1 Å². The number of piperidine rings is 1. The Balaban J connectivity index is 2.24. The van der Waals surface area contributed by atoms with E-state index < -0.39 is 12.3 Å². The Bertz CT molecular complexity index is 157. The quantitative estimate of drug-likeness (QED) is 0.630. The summed E-state index contributed by atoms with van der Waals surface area (Å²) in [7, 11) is 0. The second kappa shape index (κ2) is 4.35. The van der Waals surface area contributed by atoms with Crippen molar-refractivity contribution in [3.05, 3.63) is 0 Å². The third-order valence-corrected chi connectivity index (χ3v) is 1.84. The summed E-state index contributed by atoms with van der Waals surface area (Å²) in [5.74, 6) is -1.16. The minimum absolute atomic E-state index is 0.125. The SMILES string of the molecule is O=C(NC1CCCNC1)C(F)F. The van der Waals surface area contributed by atoms with E-state index in [-0.39, 0.29) is 6.04 Å². The van der Waals surface area contributed by atoms with Gasteiger partial charge in [0.25, 0.3) is 5.91 Å². The molecule has 0 radical (unpaired) electrons. The summed E-state index contributed by atoms with van der Waals surface area (Å²) in [4.78, 5) is 10.5. The van der Waals surface area contributed by atoms with Crippen LogP contribution in [0.1, 0.15) is 12.8 Å². The van der Waals surface area contributed by atoms with Gasteiger partial charge in [-0.05, 0) is 19.4 Å². The van der Waals surface area contributed by atoms with E-state index in [0.717, 1.165) is 19.4 Å². The highest BCUT2D eigenvalue weighted by Gasteiger charge is 2.20. The zero-order chi connectivity index (χ0) is 8.97. The molecule has 0 aromatic carbocycles. The molecule has 1 rings (SSSR count). The fraction of sp³-hybridized carbons (Fsp3) is 0.857. The maximum absolute atomic E-state index is 11.8. The molecule has 1 unspecified atom stereocenters. The molecule has 1 amide bonds. The van der Waals surface area contributed by atoms with Gasteiger partial charge in [0.05, 0.1) is 0 Å². The molecule has 0 aromatic rings. The van der Waals surface area contributed by atoms with Crippen molar-refractivity contribution in [1.29, 1.82) is 0 Å². The number of carbonyl (C=O) groups is 1. The average molecular weight is 178 g/mol. The van der Waals surface area contributed by atoms with Gasteiger partial charge < -0.3 is 10.6 Å². The minimum atomic E-state index is -2.90. The van der Waals surface area contributed by atoms with Crippen LogP contribution in [0.3, 0.4) is 0 Å². The summed E-state index contributed by atoms with van der Waals surface area (Å²) in [6, 6.07) is -0.125. The van der Waals surface area contributed by atoms with Gasteiger partial charge in [-0.15, -0.1) is 0 Å². The minimum Gasteiger partial charge on any atom is -0.347 e. The van der Waals surface area contributed by atoms with Crippen LogP contribution in [0.4, 0.5) is 8.78 Å². The molecule has 0 bridgehead atoms. The lowest BCUT2D eigenvalue weighted by atomic mass is 10.1. The Kier molecular flexibility index (Phi) is 3.40. The Labute approximate surface area is 69.5 Å². The summed E-state index contributed by atoms with van der Waals surface area (Å²) in [6.07, 6.45) is -1.19. The number of amides is 1. The van der Waals surface area contributed by atoms with E-state index in [0.29, 0.717) is 6.54 Å². The summed E-state index contributed by atoms with van der Waals surface area (Å²) in [6.45, 7) is 1.50. The van der Waals surface area contributed by atoms with Crippen molar-refractivity contribution in [2.24, 2.45) is 0 Å². The van der Waals surface area contributed by atoms with Crippen molar-refractivity contribution in [2.75, 3.05) is 13.1 Å². The molecule has 12 heavy (non-hydrogen) atoms. The summed E-state index contributed by atoms with van der Waals surface area (Å²) in [5.41, 5.74) is 0. The van der Waals surface area contributed by atoms with Crippen molar-refractivity contribution in [2.45, 2.75) is 25.3 Å². The van der Waals surface area contributed by atoms with Crippen molar-refractivity contribution in [1.82, 2.24) is 10.6 Å². The Morgan fingerprint density at radius 2 is 2.33 bits per heavy atom. The monoisotopic (exact) mass is 178 g/mol. The normalized spacial score (nSPS) is 24.1. The zero-order valence-corrected chi connectivity index (χ0v) is 6.65. The lowest BCUT2D eigenvalue weighted by Gasteiger charge is -2.23. The first-order chi connectivity index (χ1) is 5.70. The fourth-order valence-electron chi connectivity index (χ4n) is 1.24. The van der Waals surface area contributed by atoms with Crippen LogP contribution >= 0.6 is 0 Å². The van der Waals surface area contributed by atoms with Crippen molar-refractivity contribution in [3.8, 4) is 0 Å². The van der Waals surface area contributed by atoms with E-state index in [1.165, 1.54) is 0 Å². The molecule has 0 aromatic heterocycles. The lowest BCUT2D eigenvalue weighted by Crippen LogP contribution is -2.47. The zero-order valence-electron chi connectivity index (χ0n) is 6.65. The first-order valence-corrected chi connectivity index (χ1v) is 3.99. The maximum Gasteiger partial charge on any atom is 0.315 e. The summed E-state index contributed by atoms with van der Waals surface area (Å²) < 4.78 is 23.5. The summed E-state index contributed by atoms with van der Waals surface area (Å²) >= 11 is 0. The molecule has 0 saturated carbocycles. The van der Waals surface area contributed by atoms with Crippen LogP contribution in [-0.2, 0) is 4.79 Å². The van der Waals surface area contributed by atoms with Crippen LogP contribution < -0.4 is 10.6 Å². The van der Waals surface area contributed by atoms with Crippen LogP contribution in [-0.4, -0.2) is 31.5 Å². The van der Waals surface area contributed by atoms with Gasteiger partial charge >= 0.3 is 6.43 Å². The molecule has 0 aliphatic carbocycles. The average Bonchev–Trinajstić information content (AvgIpc) is 2.06. The van der Waals surface area contributed by atoms with Gasteiger partial charge in [-0.2, -0.15) is 8.78 Å². The molecule has 1 aliphatic heterocycles. The van der Waals surface area contributed by atoms with Gasteiger partial charge in [-0.25, -0.2) is 0 Å². The molecule has 70 valence electrons. The fourth-order valence-corrected chi connectivity index (χ4v) is 1.24. The Morgan fingerprint density at radius 3 is 2.83 bits per heavy atom. The van der Waals surface area contributed by atoms with Gasteiger partial charge in [0.1, 0.15) is 0 Å². The van der Waals surface area contributed by atoms with E-state index >= 15 is 0 Å². The van der Waals surface area contributed by atoms with Crippen LogP contribution in [0.25, 0.3) is 0 Å². The maximum atomic E-state index is 11.8. The van der Waals surface area contributed by atoms with Gasteiger partial charge in [0.15, 0.2) is 0 Å². The first-order valence-electron chi connectivity index (χ1n) is 3.99. The van der Waals surface area contributed by atoms with Crippen LogP contribution in [0.5, 0.6) is 0 Å². The highest BCUT2D eigenvalue weighted by Crippen LogP contribution is 2.02. The van der Waals surface area contributed by atoms with Crippen LogP contribution in [0.2, 0.25) is 0 Å². The van der Waals surface area contributed by atoms with Crippen molar-refractivity contribution >= 4 is 5.91 Å². The third-order valence-electron chi connectivity index (χ3n) is 1.84. The van der Waals surface area contributed by atoms with Gasteiger partial charge in [0.2, 0.25) is 0 Å². The first kappa shape index (κ1) is 9.38. The second-order valence-corrected chi connectivity index (χ2v) is 2.85. The van der Waals surface area contributed by atoms with E-state index in [4.69, 9.17) is 0 Å². The number of rotatable bonds is 2. The highest BCUT2D eigenvalue weighted by molar-refractivity contribution is 5.79. The molecule has 0 spiro atoms. The predicted molar refractivity (Wildman–Crippen MR) is 40.0 cm³/mol.